The molecule has 2 aromatic rings. The number of rotatable bonds is 3. The van der Waals surface area contributed by atoms with Gasteiger partial charge in [-0.25, -0.2) is 0 Å². The summed E-state index contributed by atoms with van der Waals surface area (Å²) >= 11 is 5.96. The number of nitro benzene ring substituents is 1. The molecule has 0 aliphatic rings. The van der Waals surface area contributed by atoms with Gasteiger partial charge in [0.25, 0.3) is 5.69 Å². The van der Waals surface area contributed by atoms with Crippen molar-refractivity contribution >= 4 is 28.1 Å². The molecule has 0 fully saturated rings. The molecule has 0 saturated heterocycles. The first-order valence-electron chi connectivity index (χ1n) is 4.68. The minimum absolute atomic E-state index is 0.115. The highest BCUT2D eigenvalue weighted by molar-refractivity contribution is 7.84. The van der Waals surface area contributed by atoms with Crippen LogP contribution in [-0.2, 0) is 10.8 Å². The lowest BCUT2D eigenvalue weighted by Gasteiger charge is -2.06. The van der Waals surface area contributed by atoms with Crippen molar-refractivity contribution in [1.29, 1.82) is 0 Å². The third-order valence-electron chi connectivity index (χ3n) is 2.18. The van der Waals surface area contributed by atoms with Crippen LogP contribution in [-0.4, -0.2) is 30.2 Å². The predicted octanol–water partition coefficient (Wildman–Crippen LogP) is 1.57. The molecule has 18 heavy (non-hydrogen) atoms. The van der Waals surface area contributed by atoms with Gasteiger partial charge in [-0.2, -0.15) is 0 Å². The zero-order valence-electron chi connectivity index (χ0n) is 9.11. The lowest BCUT2D eigenvalue weighted by atomic mass is 10.3. The van der Waals surface area contributed by atoms with Crippen LogP contribution in [0.5, 0.6) is 0 Å². The predicted molar refractivity (Wildman–Crippen MR) is 65.4 cm³/mol. The molecule has 1 atom stereocenters. The van der Waals surface area contributed by atoms with Crippen LogP contribution in [0, 0.1) is 10.1 Å². The van der Waals surface area contributed by atoms with E-state index in [4.69, 9.17) is 11.6 Å². The van der Waals surface area contributed by atoms with Crippen molar-refractivity contribution in [3.8, 4) is 5.69 Å². The summed E-state index contributed by atoms with van der Waals surface area (Å²) in [6.45, 7) is 0. The van der Waals surface area contributed by atoms with Gasteiger partial charge in [0.1, 0.15) is 6.33 Å². The van der Waals surface area contributed by atoms with Gasteiger partial charge in [-0.05, 0) is 6.07 Å². The van der Waals surface area contributed by atoms with Crippen LogP contribution < -0.4 is 0 Å². The van der Waals surface area contributed by atoms with E-state index in [0.29, 0.717) is 5.69 Å². The fourth-order valence-corrected chi connectivity index (χ4v) is 2.24. The highest BCUT2D eigenvalue weighted by Gasteiger charge is 2.15. The van der Waals surface area contributed by atoms with Crippen molar-refractivity contribution in [3.05, 3.63) is 39.7 Å². The van der Waals surface area contributed by atoms with Crippen LogP contribution in [0.3, 0.4) is 0 Å². The number of hydrogen-bond donors (Lipinski definition) is 0. The van der Waals surface area contributed by atoms with E-state index >= 15 is 0 Å². The molecule has 0 amide bonds. The molecule has 0 aliphatic heterocycles. The molecule has 0 unspecified atom stereocenters. The second kappa shape index (κ2) is 4.83. The topological polar surface area (TPSA) is 90.9 Å². The second-order valence-corrected chi connectivity index (χ2v) is 5.01. The number of aromatic nitrogens is 3. The minimum Gasteiger partial charge on any atom is -0.273 e. The van der Waals surface area contributed by atoms with Crippen LogP contribution >= 0.6 is 11.6 Å². The van der Waals surface area contributed by atoms with E-state index in [1.807, 2.05) is 0 Å². The van der Waals surface area contributed by atoms with Gasteiger partial charge in [-0.15, -0.1) is 10.2 Å². The molecule has 2 rings (SSSR count). The molecule has 0 aliphatic carbocycles. The molecule has 7 nitrogen and oxygen atoms in total. The average Bonchev–Trinajstić information content (AvgIpc) is 2.77. The number of nitrogens with zero attached hydrogens (tertiary/aromatic N) is 4. The Hall–Kier alpha value is -1.80. The summed E-state index contributed by atoms with van der Waals surface area (Å²) in [5, 5.41) is 18.3. The van der Waals surface area contributed by atoms with Gasteiger partial charge in [0.2, 0.25) is 5.16 Å². The Kier molecular flexibility index (Phi) is 3.39. The fraction of sp³-hybridized carbons (Fsp3) is 0.111. The molecular weight excluding hydrogens is 280 g/mol. The average molecular weight is 287 g/mol. The summed E-state index contributed by atoms with van der Waals surface area (Å²) in [6, 6.07) is 3.99. The standard InChI is InChI=1S/C9H7ClN4O3S/c1-18(17)9-12-11-5-13(9)8-3-2-6(14(15)16)4-7(8)10/h2-5H,1H3/t18-/m0/s1. The maximum Gasteiger partial charge on any atom is 0.271 e. The maximum absolute atomic E-state index is 11.4. The molecule has 0 bridgehead atoms. The van der Waals surface area contributed by atoms with Gasteiger partial charge in [0.05, 0.1) is 26.4 Å². The molecule has 9 heteroatoms. The van der Waals surface area contributed by atoms with Crippen LogP contribution in [0.2, 0.25) is 5.02 Å². The van der Waals surface area contributed by atoms with Crippen molar-refractivity contribution in [2.75, 3.05) is 6.26 Å². The monoisotopic (exact) mass is 286 g/mol. The summed E-state index contributed by atoms with van der Waals surface area (Å²) in [7, 11) is -1.34. The van der Waals surface area contributed by atoms with Gasteiger partial charge < -0.3 is 0 Å². The Balaban J connectivity index is 2.55. The maximum atomic E-state index is 11.4. The summed E-state index contributed by atoms with van der Waals surface area (Å²) < 4.78 is 12.9. The van der Waals surface area contributed by atoms with Crippen LogP contribution in [0.25, 0.3) is 5.69 Å². The molecular formula is C9H7ClN4O3S. The Bertz CT molecular complexity index is 642. The third kappa shape index (κ3) is 2.24. The third-order valence-corrected chi connectivity index (χ3v) is 3.27. The molecule has 1 aromatic carbocycles. The normalized spacial score (nSPS) is 12.3. The van der Waals surface area contributed by atoms with Crippen LogP contribution in [0.1, 0.15) is 0 Å². The molecule has 1 heterocycles. The van der Waals surface area contributed by atoms with Gasteiger partial charge in [-0.1, -0.05) is 11.6 Å². The largest absolute Gasteiger partial charge is 0.273 e. The van der Waals surface area contributed by atoms with E-state index < -0.39 is 15.7 Å². The quantitative estimate of drug-likeness (QED) is 0.631. The first-order chi connectivity index (χ1) is 8.50. The molecule has 94 valence electrons. The number of benzene rings is 1. The smallest absolute Gasteiger partial charge is 0.271 e. The van der Waals surface area contributed by atoms with Crippen molar-refractivity contribution < 1.29 is 9.13 Å². The second-order valence-electron chi connectivity index (χ2n) is 3.33. The van der Waals surface area contributed by atoms with E-state index in [1.54, 1.807) is 0 Å². The molecule has 0 radical (unpaired) electrons. The van der Waals surface area contributed by atoms with Crippen LogP contribution in [0.4, 0.5) is 5.69 Å². The van der Waals surface area contributed by atoms with E-state index in [9.17, 15) is 14.3 Å². The highest BCUT2D eigenvalue weighted by atomic mass is 35.5. The Morgan fingerprint density at radius 3 is 2.78 bits per heavy atom. The zero-order valence-corrected chi connectivity index (χ0v) is 10.7. The lowest BCUT2D eigenvalue weighted by molar-refractivity contribution is -0.384. The van der Waals surface area contributed by atoms with Gasteiger partial charge in [0.15, 0.2) is 0 Å². The van der Waals surface area contributed by atoms with Crippen molar-refractivity contribution in [3.63, 3.8) is 0 Å². The van der Waals surface area contributed by atoms with Crippen LogP contribution in [0.15, 0.2) is 29.7 Å². The Morgan fingerprint density at radius 2 is 2.22 bits per heavy atom. The Morgan fingerprint density at radius 1 is 1.50 bits per heavy atom. The molecule has 0 spiro atoms. The van der Waals surface area contributed by atoms with Crippen molar-refractivity contribution in [2.45, 2.75) is 5.16 Å². The Labute approximate surface area is 109 Å². The first kappa shape index (κ1) is 12.7. The molecule has 0 saturated carbocycles. The number of non-ortho nitro benzene ring substituents is 1. The number of halogens is 1. The molecule has 1 aromatic heterocycles. The summed E-state index contributed by atoms with van der Waals surface area (Å²) in [5.74, 6) is 0. The fourth-order valence-electron chi connectivity index (χ4n) is 1.39. The number of hydrogen-bond acceptors (Lipinski definition) is 5. The van der Waals surface area contributed by atoms with E-state index in [0.717, 1.165) is 0 Å². The summed E-state index contributed by atoms with van der Waals surface area (Å²) in [4.78, 5) is 10.1. The highest BCUT2D eigenvalue weighted by Crippen LogP contribution is 2.26. The van der Waals surface area contributed by atoms with Crippen molar-refractivity contribution in [1.82, 2.24) is 14.8 Å². The SMILES string of the molecule is C[S@](=O)c1nncn1-c1ccc([N+](=O)[O-])cc1Cl. The summed E-state index contributed by atoms with van der Waals surface area (Å²) in [5.41, 5.74) is 0.327. The van der Waals surface area contributed by atoms with Crippen molar-refractivity contribution in [2.24, 2.45) is 0 Å². The molecule has 0 N–H and O–H groups in total. The van der Waals surface area contributed by atoms with E-state index in [1.165, 1.54) is 35.3 Å². The zero-order chi connectivity index (χ0) is 13.3. The van der Waals surface area contributed by atoms with E-state index in [-0.39, 0.29) is 15.9 Å². The lowest BCUT2D eigenvalue weighted by Crippen LogP contribution is -2.02. The van der Waals surface area contributed by atoms with Gasteiger partial charge in [-0.3, -0.25) is 18.9 Å². The summed E-state index contributed by atoms with van der Waals surface area (Å²) in [6.07, 6.45) is 2.81. The first-order valence-corrected chi connectivity index (χ1v) is 6.62. The van der Waals surface area contributed by atoms with E-state index in [2.05, 4.69) is 10.2 Å². The number of nitro groups is 1. The minimum atomic E-state index is -1.34. The van der Waals surface area contributed by atoms with Gasteiger partial charge >= 0.3 is 0 Å². The van der Waals surface area contributed by atoms with Gasteiger partial charge in [0, 0.05) is 18.4 Å².